The van der Waals surface area contributed by atoms with Crippen molar-refractivity contribution in [1.29, 1.82) is 0 Å². The smallest absolute Gasteiger partial charge is 0.300 e. The first-order valence-electron chi connectivity index (χ1n) is 5.67. The monoisotopic (exact) mass is 316 g/mol. The lowest BCUT2D eigenvalue weighted by Gasteiger charge is -2.27. The first-order valence-corrected chi connectivity index (χ1v) is 7.34. The summed E-state index contributed by atoms with van der Waals surface area (Å²) < 4.78 is 77.7. The largest absolute Gasteiger partial charge is 0.620 e. The van der Waals surface area contributed by atoms with Crippen LogP contribution >= 0.6 is 0 Å². The molecule has 0 aliphatic rings. The van der Waals surface area contributed by atoms with Crippen molar-refractivity contribution >= 4 is 14.2 Å². The van der Waals surface area contributed by atoms with E-state index < -0.39 is 33.4 Å². The van der Waals surface area contributed by atoms with Gasteiger partial charge in [-0.05, 0) is 6.92 Å². The molecule has 0 bridgehead atoms. The van der Waals surface area contributed by atoms with Crippen LogP contribution in [0.15, 0.2) is 30.3 Å². The molecule has 0 radical (unpaired) electrons. The summed E-state index contributed by atoms with van der Waals surface area (Å²) in [7, 11) is -5.69. The Bertz CT molecular complexity index is 406. The predicted octanol–water partition coefficient (Wildman–Crippen LogP) is 2.69. The fraction of sp³-hybridized carbons (Fsp3) is 0.455. The molecule has 0 heterocycles. The Labute approximate surface area is 113 Å². The van der Waals surface area contributed by atoms with E-state index in [0.29, 0.717) is 0 Å². The zero-order chi connectivity index (χ0) is 15.2. The zero-order valence-corrected chi connectivity index (χ0v) is 11.5. The highest BCUT2D eigenvalue weighted by Gasteiger charge is 2.52. The minimum atomic E-state index is -5.69. The van der Waals surface area contributed by atoms with Gasteiger partial charge in [0, 0.05) is 5.19 Å². The molecule has 1 unspecified atom stereocenters. The number of hydrogen-bond acceptors (Lipinski definition) is 3. The number of halogens is 5. The molecule has 0 N–H and O–H groups in total. The summed E-state index contributed by atoms with van der Waals surface area (Å²) in [5.41, 5.74) is 0. The van der Waals surface area contributed by atoms with E-state index in [1.54, 1.807) is 0 Å². The van der Waals surface area contributed by atoms with Gasteiger partial charge in [-0.25, -0.2) is 17.0 Å². The third kappa shape index (κ3) is 5.16. The topological polar surface area (TPSA) is 27.7 Å². The molecule has 114 valence electrons. The van der Waals surface area contributed by atoms with Crippen LogP contribution in [0.5, 0.6) is 0 Å². The average Bonchev–Trinajstić information content (AvgIpc) is 2.37. The van der Waals surface area contributed by atoms with E-state index in [1.165, 1.54) is 25.1 Å². The van der Waals surface area contributed by atoms with Gasteiger partial charge in [0.05, 0.1) is 6.61 Å². The number of ether oxygens (including phenoxy) is 2. The first-order chi connectivity index (χ1) is 9.29. The lowest BCUT2D eigenvalue weighted by molar-refractivity contribution is -0.428. The molecule has 0 saturated carbocycles. The highest BCUT2D eigenvalue weighted by atomic mass is 28.4. The highest BCUT2D eigenvalue weighted by Crippen LogP contribution is 2.25. The molecule has 1 aromatic rings. The standard InChI is InChI=1S/C11H13F5O3Si/c1-2-17-11(14,18-8-10(12)13)19-20(15,16)9-6-4-3-5-7-9/h3-7,10H,2,8H2,1H3. The van der Waals surface area contributed by atoms with Gasteiger partial charge >= 0.3 is 15.2 Å². The predicted molar refractivity (Wildman–Crippen MR) is 62.6 cm³/mol. The van der Waals surface area contributed by atoms with Crippen molar-refractivity contribution in [3.8, 4) is 0 Å². The second kappa shape index (κ2) is 7.11. The molecular weight excluding hydrogens is 303 g/mol. The van der Waals surface area contributed by atoms with Crippen LogP contribution in [0.3, 0.4) is 0 Å². The Kier molecular flexibility index (Phi) is 6.05. The average molecular weight is 316 g/mol. The van der Waals surface area contributed by atoms with E-state index in [4.69, 9.17) is 0 Å². The molecule has 1 aromatic carbocycles. The van der Waals surface area contributed by atoms with Gasteiger partial charge in [0.15, 0.2) is 0 Å². The van der Waals surface area contributed by atoms with Crippen LogP contribution < -0.4 is 5.19 Å². The van der Waals surface area contributed by atoms with Gasteiger partial charge < -0.3 is 4.74 Å². The Morgan fingerprint density at radius 1 is 1.15 bits per heavy atom. The van der Waals surface area contributed by atoms with Gasteiger partial charge in [-0.1, -0.05) is 30.3 Å². The summed E-state index contributed by atoms with van der Waals surface area (Å²) in [6.45, 7) is -0.527. The van der Waals surface area contributed by atoms with Crippen molar-refractivity contribution in [3.05, 3.63) is 30.3 Å². The third-order valence-electron chi connectivity index (χ3n) is 2.06. The van der Waals surface area contributed by atoms with Gasteiger partial charge in [0.25, 0.3) is 6.43 Å². The third-order valence-corrected chi connectivity index (χ3v) is 3.56. The molecular formula is C11H13F5O3Si. The van der Waals surface area contributed by atoms with Crippen LogP contribution in [0.1, 0.15) is 6.92 Å². The summed E-state index contributed by atoms with van der Waals surface area (Å²) in [5.74, 6) is 0. The van der Waals surface area contributed by atoms with Crippen molar-refractivity contribution in [3.63, 3.8) is 0 Å². The maximum absolute atomic E-state index is 13.9. The number of rotatable bonds is 8. The molecule has 20 heavy (non-hydrogen) atoms. The lowest BCUT2D eigenvalue weighted by Crippen LogP contribution is -2.51. The van der Waals surface area contributed by atoms with Crippen LogP contribution in [-0.2, 0) is 13.9 Å². The van der Waals surface area contributed by atoms with Crippen molar-refractivity contribution in [2.24, 2.45) is 0 Å². The fourth-order valence-corrected chi connectivity index (χ4v) is 2.40. The minimum Gasteiger partial charge on any atom is -0.300 e. The lowest BCUT2D eigenvalue weighted by atomic mass is 10.4. The quantitative estimate of drug-likeness (QED) is 0.319. The van der Waals surface area contributed by atoms with Crippen molar-refractivity contribution in [1.82, 2.24) is 0 Å². The minimum absolute atomic E-state index is 0.390. The van der Waals surface area contributed by atoms with Gasteiger partial charge in [0.2, 0.25) is 0 Å². The fourth-order valence-electron chi connectivity index (χ4n) is 1.28. The SMILES string of the molecule is CCOC(F)(OCC(F)F)O[Si](F)(F)c1ccccc1. The Morgan fingerprint density at radius 2 is 1.75 bits per heavy atom. The zero-order valence-electron chi connectivity index (χ0n) is 10.5. The van der Waals surface area contributed by atoms with E-state index in [2.05, 4.69) is 13.9 Å². The maximum Gasteiger partial charge on any atom is 0.620 e. The first kappa shape index (κ1) is 17.0. The number of hydrogen-bond donors (Lipinski definition) is 0. The summed E-state index contributed by atoms with van der Waals surface area (Å²) in [6.07, 6.45) is -6.74. The molecule has 0 aliphatic heterocycles. The normalized spacial score (nSPS) is 15.3. The summed E-state index contributed by atoms with van der Waals surface area (Å²) in [4.78, 5) is 0. The van der Waals surface area contributed by atoms with Gasteiger partial charge in [-0.2, -0.15) is 4.39 Å². The Hall–Kier alpha value is -1.03. The molecule has 0 aliphatic carbocycles. The second-order valence-electron chi connectivity index (χ2n) is 3.60. The molecule has 0 spiro atoms. The van der Waals surface area contributed by atoms with Gasteiger partial charge in [-0.3, -0.25) is 9.16 Å². The number of benzene rings is 1. The molecule has 1 atom stereocenters. The van der Waals surface area contributed by atoms with Crippen LogP contribution in [0, 0.1) is 0 Å². The van der Waals surface area contributed by atoms with Crippen LogP contribution in [0.2, 0.25) is 0 Å². The molecule has 1 rings (SSSR count). The number of alkyl halides is 3. The van der Waals surface area contributed by atoms with E-state index in [1.807, 2.05) is 0 Å². The van der Waals surface area contributed by atoms with E-state index >= 15 is 0 Å². The maximum atomic E-state index is 13.9. The summed E-state index contributed by atoms with van der Waals surface area (Å²) in [5, 5.41) is -0.526. The molecule has 0 fully saturated rings. The molecule has 0 saturated heterocycles. The van der Waals surface area contributed by atoms with E-state index in [-0.39, 0.29) is 6.61 Å². The van der Waals surface area contributed by atoms with Crippen molar-refractivity contribution in [2.75, 3.05) is 13.2 Å². The molecule has 0 aromatic heterocycles. The van der Waals surface area contributed by atoms with E-state index in [0.717, 1.165) is 12.1 Å². The Morgan fingerprint density at radius 3 is 2.25 bits per heavy atom. The van der Waals surface area contributed by atoms with Crippen LogP contribution in [0.4, 0.5) is 21.4 Å². The summed E-state index contributed by atoms with van der Waals surface area (Å²) in [6, 6.07) is 6.23. The van der Waals surface area contributed by atoms with Crippen LogP contribution in [-0.4, -0.2) is 34.9 Å². The highest BCUT2D eigenvalue weighted by molar-refractivity contribution is 6.74. The molecule has 3 nitrogen and oxygen atoms in total. The van der Waals surface area contributed by atoms with Crippen molar-refractivity contribution in [2.45, 2.75) is 19.6 Å². The van der Waals surface area contributed by atoms with Crippen LogP contribution in [0.25, 0.3) is 0 Å². The van der Waals surface area contributed by atoms with E-state index in [9.17, 15) is 21.4 Å². The van der Waals surface area contributed by atoms with Gasteiger partial charge in [-0.15, -0.1) is 0 Å². The molecule has 0 amide bonds. The molecule has 9 heteroatoms. The second-order valence-corrected chi connectivity index (χ2v) is 5.42. The Balaban J connectivity index is 2.83. The van der Waals surface area contributed by atoms with Gasteiger partial charge in [0.1, 0.15) is 6.61 Å². The summed E-state index contributed by atoms with van der Waals surface area (Å²) >= 11 is 0. The van der Waals surface area contributed by atoms with Crippen molar-refractivity contribution < 1.29 is 35.3 Å².